The van der Waals surface area contributed by atoms with Crippen molar-refractivity contribution in [1.82, 2.24) is 0 Å². The Morgan fingerprint density at radius 3 is 2.23 bits per heavy atom. The number of ether oxygens (including phenoxy) is 1. The first-order valence-corrected chi connectivity index (χ1v) is 8.50. The van der Waals surface area contributed by atoms with Crippen LogP contribution in [0.1, 0.15) is 36.5 Å². The molecule has 116 valence electrons. The molecule has 0 saturated carbocycles. The standard InChI is InChI=1S/C19H20Cl2O/c20-19(21)13-17(12-11-15-7-3-1-4-8-15)22-18(14-19)16-9-5-2-6-10-16/h1-10,17-18H,11-14H2. The summed E-state index contributed by atoms with van der Waals surface area (Å²) in [6, 6.07) is 20.7. The molecule has 22 heavy (non-hydrogen) atoms. The SMILES string of the molecule is ClC1(Cl)CC(CCc2ccccc2)OC(c2ccccc2)C1. The molecule has 1 fully saturated rings. The predicted molar refractivity (Wildman–Crippen MR) is 92.5 cm³/mol. The van der Waals surface area contributed by atoms with Gasteiger partial charge in [0, 0.05) is 12.8 Å². The normalized spacial score (nSPS) is 24.1. The van der Waals surface area contributed by atoms with Crippen molar-refractivity contribution in [2.75, 3.05) is 0 Å². The molecule has 0 aliphatic carbocycles. The van der Waals surface area contributed by atoms with Crippen molar-refractivity contribution in [2.24, 2.45) is 0 Å². The van der Waals surface area contributed by atoms with E-state index in [4.69, 9.17) is 27.9 Å². The molecule has 2 atom stereocenters. The molecule has 1 aliphatic rings. The molecule has 0 spiro atoms. The van der Waals surface area contributed by atoms with Crippen molar-refractivity contribution in [3.05, 3.63) is 71.8 Å². The number of alkyl halides is 2. The summed E-state index contributed by atoms with van der Waals surface area (Å²) in [5.41, 5.74) is 2.47. The maximum absolute atomic E-state index is 6.48. The monoisotopic (exact) mass is 334 g/mol. The molecular formula is C19H20Cl2O. The number of aryl methyl sites for hydroxylation is 1. The highest BCUT2D eigenvalue weighted by atomic mass is 35.5. The summed E-state index contributed by atoms with van der Waals surface area (Å²) in [5, 5.41) is 0. The van der Waals surface area contributed by atoms with Gasteiger partial charge in [0.1, 0.15) is 4.33 Å². The van der Waals surface area contributed by atoms with E-state index in [-0.39, 0.29) is 12.2 Å². The second-order valence-corrected chi connectivity index (χ2v) is 7.59. The first-order chi connectivity index (χ1) is 10.6. The zero-order valence-corrected chi connectivity index (χ0v) is 13.9. The van der Waals surface area contributed by atoms with Crippen molar-refractivity contribution < 1.29 is 4.74 Å². The summed E-state index contributed by atoms with van der Waals surface area (Å²) >= 11 is 13.0. The van der Waals surface area contributed by atoms with E-state index in [0.717, 1.165) is 18.4 Å². The fourth-order valence-electron chi connectivity index (χ4n) is 3.02. The molecule has 1 heterocycles. The second-order valence-electron chi connectivity index (χ2n) is 5.95. The van der Waals surface area contributed by atoms with Gasteiger partial charge in [-0.1, -0.05) is 60.7 Å². The molecule has 0 N–H and O–H groups in total. The van der Waals surface area contributed by atoms with Crippen LogP contribution in [0, 0.1) is 0 Å². The molecule has 0 aromatic heterocycles. The van der Waals surface area contributed by atoms with Crippen LogP contribution in [0.5, 0.6) is 0 Å². The van der Waals surface area contributed by atoms with E-state index < -0.39 is 4.33 Å². The maximum Gasteiger partial charge on any atom is 0.123 e. The molecule has 2 aromatic carbocycles. The van der Waals surface area contributed by atoms with Crippen LogP contribution < -0.4 is 0 Å². The average Bonchev–Trinajstić information content (AvgIpc) is 2.53. The summed E-state index contributed by atoms with van der Waals surface area (Å²) in [5.74, 6) is 0. The van der Waals surface area contributed by atoms with Crippen LogP contribution in [0.3, 0.4) is 0 Å². The van der Waals surface area contributed by atoms with E-state index in [1.165, 1.54) is 5.56 Å². The maximum atomic E-state index is 6.48. The Hall–Kier alpha value is -1.02. The van der Waals surface area contributed by atoms with Crippen LogP contribution in [-0.2, 0) is 11.2 Å². The molecule has 2 aromatic rings. The van der Waals surface area contributed by atoms with Crippen molar-refractivity contribution in [2.45, 2.75) is 42.2 Å². The Morgan fingerprint density at radius 1 is 0.909 bits per heavy atom. The Labute approximate surface area is 142 Å². The number of hydrogen-bond donors (Lipinski definition) is 0. The topological polar surface area (TPSA) is 9.23 Å². The minimum atomic E-state index is -0.708. The molecule has 3 rings (SSSR count). The zero-order chi connectivity index (χ0) is 15.4. The lowest BCUT2D eigenvalue weighted by molar-refractivity contribution is -0.0581. The lowest BCUT2D eigenvalue weighted by atomic mass is 9.94. The lowest BCUT2D eigenvalue weighted by Crippen LogP contribution is -2.34. The van der Waals surface area contributed by atoms with Gasteiger partial charge < -0.3 is 4.74 Å². The minimum absolute atomic E-state index is 0.0225. The van der Waals surface area contributed by atoms with Crippen LogP contribution in [0.2, 0.25) is 0 Å². The third-order valence-corrected chi connectivity index (χ3v) is 4.75. The number of hydrogen-bond acceptors (Lipinski definition) is 1. The van der Waals surface area contributed by atoms with E-state index in [2.05, 4.69) is 36.4 Å². The molecular weight excluding hydrogens is 315 g/mol. The Kier molecular flexibility index (Phi) is 5.07. The van der Waals surface area contributed by atoms with Gasteiger partial charge in [0.05, 0.1) is 12.2 Å². The van der Waals surface area contributed by atoms with Gasteiger partial charge in [-0.05, 0) is 24.0 Å². The minimum Gasteiger partial charge on any atom is -0.370 e. The summed E-state index contributed by atoms with van der Waals surface area (Å²) in [7, 11) is 0. The van der Waals surface area contributed by atoms with E-state index in [1.807, 2.05) is 24.3 Å². The van der Waals surface area contributed by atoms with E-state index in [9.17, 15) is 0 Å². The first-order valence-electron chi connectivity index (χ1n) is 7.74. The van der Waals surface area contributed by atoms with Gasteiger partial charge in [0.15, 0.2) is 0 Å². The molecule has 2 unspecified atom stereocenters. The van der Waals surface area contributed by atoms with Gasteiger partial charge in [0.2, 0.25) is 0 Å². The number of benzene rings is 2. The fraction of sp³-hybridized carbons (Fsp3) is 0.368. The molecule has 1 nitrogen and oxygen atoms in total. The third kappa shape index (κ3) is 4.25. The van der Waals surface area contributed by atoms with Crippen LogP contribution in [-0.4, -0.2) is 10.4 Å². The largest absolute Gasteiger partial charge is 0.370 e. The predicted octanol–water partition coefficient (Wildman–Crippen LogP) is 5.71. The number of rotatable bonds is 4. The molecule has 1 aliphatic heterocycles. The second kappa shape index (κ2) is 7.04. The van der Waals surface area contributed by atoms with Crippen LogP contribution in [0.15, 0.2) is 60.7 Å². The van der Waals surface area contributed by atoms with Gasteiger partial charge in [-0.25, -0.2) is 0 Å². The highest BCUT2D eigenvalue weighted by Gasteiger charge is 2.38. The molecule has 0 amide bonds. The first kappa shape index (κ1) is 15.9. The highest BCUT2D eigenvalue weighted by molar-refractivity contribution is 6.48. The Morgan fingerprint density at radius 2 is 1.55 bits per heavy atom. The van der Waals surface area contributed by atoms with Crippen molar-refractivity contribution in [1.29, 1.82) is 0 Å². The average molecular weight is 335 g/mol. The molecule has 0 radical (unpaired) electrons. The molecule has 3 heteroatoms. The van der Waals surface area contributed by atoms with Gasteiger partial charge in [-0.15, -0.1) is 23.2 Å². The summed E-state index contributed by atoms with van der Waals surface area (Å²) < 4.78 is 5.55. The third-order valence-electron chi connectivity index (χ3n) is 4.14. The summed E-state index contributed by atoms with van der Waals surface area (Å²) in [4.78, 5) is 0. The molecule has 1 saturated heterocycles. The van der Waals surface area contributed by atoms with Gasteiger partial charge in [-0.3, -0.25) is 0 Å². The summed E-state index contributed by atoms with van der Waals surface area (Å²) in [6.45, 7) is 0. The van der Waals surface area contributed by atoms with Gasteiger partial charge >= 0.3 is 0 Å². The van der Waals surface area contributed by atoms with Gasteiger partial charge in [0.25, 0.3) is 0 Å². The van der Waals surface area contributed by atoms with Crippen LogP contribution in [0.4, 0.5) is 0 Å². The summed E-state index contributed by atoms with van der Waals surface area (Å²) in [6.07, 6.45) is 3.32. The quantitative estimate of drug-likeness (QED) is 0.650. The van der Waals surface area contributed by atoms with E-state index >= 15 is 0 Å². The Bertz CT molecular complexity index is 583. The van der Waals surface area contributed by atoms with E-state index in [0.29, 0.717) is 12.8 Å². The fourth-order valence-corrected chi connectivity index (χ4v) is 3.65. The zero-order valence-electron chi connectivity index (χ0n) is 12.4. The molecule has 0 bridgehead atoms. The van der Waals surface area contributed by atoms with Crippen LogP contribution in [0.25, 0.3) is 0 Å². The van der Waals surface area contributed by atoms with Crippen molar-refractivity contribution in [3.63, 3.8) is 0 Å². The van der Waals surface area contributed by atoms with Crippen molar-refractivity contribution in [3.8, 4) is 0 Å². The highest BCUT2D eigenvalue weighted by Crippen LogP contribution is 2.44. The van der Waals surface area contributed by atoms with E-state index in [1.54, 1.807) is 0 Å². The Balaban J connectivity index is 1.66. The lowest BCUT2D eigenvalue weighted by Gasteiger charge is -2.37. The van der Waals surface area contributed by atoms with Gasteiger partial charge in [-0.2, -0.15) is 0 Å². The van der Waals surface area contributed by atoms with Crippen molar-refractivity contribution >= 4 is 23.2 Å². The smallest absolute Gasteiger partial charge is 0.123 e. The van der Waals surface area contributed by atoms with Crippen LogP contribution >= 0.6 is 23.2 Å². The number of halogens is 2.